The Balaban J connectivity index is 2.50. The Kier molecular flexibility index (Phi) is 4.87. The van der Waals surface area contributed by atoms with Crippen molar-refractivity contribution in [3.8, 4) is 0 Å². The average molecular weight is 326 g/mol. The maximum absolute atomic E-state index is 11.8. The van der Waals surface area contributed by atoms with E-state index in [1.54, 1.807) is 48.5 Å². The predicted molar refractivity (Wildman–Crippen MR) is 86.5 cm³/mol. The maximum Gasteiger partial charge on any atom is 0.160 e. The first-order valence-electron chi connectivity index (χ1n) is 5.91. The molecule has 4 heteroatoms. The van der Waals surface area contributed by atoms with Gasteiger partial charge in [-0.2, -0.15) is 0 Å². The molecule has 1 nitrogen and oxygen atoms in total. The van der Waals surface area contributed by atoms with Crippen molar-refractivity contribution in [2.24, 2.45) is 0 Å². The van der Waals surface area contributed by atoms with E-state index < -0.39 is 0 Å². The van der Waals surface area contributed by atoms with E-state index in [1.807, 2.05) is 0 Å². The normalized spacial score (nSPS) is 11.5. The van der Waals surface area contributed by atoms with E-state index in [0.717, 1.165) is 11.1 Å². The number of allylic oxidation sites excluding steroid dienone is 1. The second-order valence-corrected chi connectivity index (χ2v) is 5.57. The van der Waals surface area contributed by atoms with Crippen LogP contribution in [0.2, 0.25) is 15.1 Å². The van der Waals surface area contributed by atoms with Gasteiger partial charge in [0.15, 0.2) is 5.78 Å². The fourth-order valence-corrected chi connectivity index (χ4v) is 2.38. The minimum Gasteiger partial charge on any atom is -0.294 e. The number of carbonyl (C=O) groups is 1. The van der Waals surface area contributed by atoms with E-state index in [1.165, 1.54) is 6.92 Å². The lowest BCUT2D eigenvalue weighted by molar-refractivity contribution is -0.111. The van der Waals surface area contributed by atoms with Gasteiger partial charge in [-0.3, -0.25) is 4.79 Å². The number of carbonyl (C=O) groups excluding carboxylic acids is 1. The largest absolute Gasteiger partial charge is 0.294 e. The summed E-state index contributed by atoms with van der Waals surface area (Å²) in [7, 11) is 0. The van der Waals surface area contributed by atoms with Crippen LogP contribution in [0.1, 0.15) is 18.1 Å². The second-order valence-electron chi connectivity index (χ2n) is 4.29. The third-order valence-corrected chi connectivity index (χ3v) is 3.61. The smallest absolute Gasteiger partial charge is 0.160 e. The Morgan fingerprint density at radius 1 is 0.950 bits per heavy atom. The van der Waals surface area contributed by atoms with E-state index in [9.17, 15) is 4.79 Å². The molecule has 0 bridgehead atoms. The summed E-state index contributed by atoms with van der Waals surface area (Å²) in [5.74, 6) is -0.0432. The van der Waals surface area contributed by atoms with E-state index >= 15 is 0 Å². The van der Waals surface area contributed by atoms with Crippen molar-refractivity contribution in [3.63, 3.8) is 0 Å². The minimum absolute atomic E-state index is 0.0432. The molecule has 0 fully saturated rings. The summed E-state index contributed by atoms with van der Waals surface area (Å²) in [5, 5.41) is 1.69. The van der Waals surface area contributed by atoms with Gasteiger partial charge in [-0.15, -0.1) is 0 Å². The lowest BCUT2D eigenvalue weighted by atomic mass is 10.00. The highest BCUT2D eigenvalue weighted by Gasteiger charge is 2.09. The van der Waals surface area contributed by atoms with Crippen LogP contribution in [0.3, 0.4) is 0 Å². The molecule has 0 saturated heterocycles. The Morgan fingerprint density at radius 2 is 1.55 bits per heavy atom. The molecule has 0 saturated carbocycles. The fourth-order valence-electron chi connectivity index (χ4n) is 1.79. The van der Waals surface area contributed by atoms with Gasteiger partial charge in [0, 0.05) is 20.6 Å². The Bertz CT molecular complexity index is 673. The number of benzene rings is 2. The summed E-state index contributed by atoms with van der Waals surface area (Å²) in [6, 6.07) is 12.3. The van der Waals surface area contributed by atoms with Crippen molar-refractivity contribution in [3.05, 3.63) is 68.7 Å². The van der Waals surface area contributed by atoms with Crippen LogP contribution in [-0.2, 0) is 4.79 Å². The van der Waals surface area contributed by atoms with Crippen LogP contribution in [0, 0.1) is 0 Å². The fraction of sp³-hybridized carbons (Fsp3) is 0.0625. The summed E-state index contributed by atoms with van der Waals surface area (Å²) in [5.41, 5.74) is 2.12. The molecule has 0 heterocycles. The molecule has 102 valence electrons. The third kappa shape index (κ3) is 3.63. The number of ketones is 1. The maximum atomic E-state index is 11.8. The van der Waals surface area contributed by atoms with Crippen LogP contribution in [0.4, 0.5) is 0 Å². The van der Waals surface area contributed by atoms with Gasteiger partial charge in [0.25, 0.3) is 0 Å². The molecule has 0 aromatic heterocycles. The summed E-state index contributed by atoms with van der Waals surface area (Å²) in [4.78, 5) is 11.8. The topological polar surface area (TPSA) is 17.1 Å². The first-order chi connectivity index (χ1) is 9.47. The van der Waals surface area contributed by atoms with Gasteiger partial charge in [-0.1, -0.05) is 53.0 Å². The monoisotopic (exact) mass is 324 g/mol. The molecule has 0 atom stereocenters. The van der Waals surface area contributed by atoms with Gasteiger partial charge >= 0.3 is 0 Å². The van der Waals surface area contributed by atoms with Crippen LogP contribution < -0.4 is 0 Å². The molecule has 0 radical (unpaired) electrons. The van der Waals surface area contributed by atoms with Crippen LogP contribution in [-0.4, -0.2) is 5.78 Å². The van der Waals surface area contributed by atoms with E-state index in [2.05, 4.69) is 0 Å². The molecule has 0 aliphatic rings. The number of rotatable bonds is 3. The summed E-state index contributed by atoms with van der Waals surface area (Å²) >= 11 is 17.9. The molecule has 20 heavy (non-hydrogen) atoms. The molecule has 0 aliphatic heterocycles. The van der Waals surface area contributed by atoms with Gasteiger partial charge in [0.1, 0.15) is 0 Å². The molecule has 0 N–H and O–H groups in total. The quantitative estimate of drug-likeness (QED) is 0.516. The predicted octanol–water partition coefficient (Wildman–Crippen LogP) is 5.78. The Labute approximate surface area is 132 Å². The molecule has 0 spiro atoms. The highest BCUT2D eigenvalue weighted by Crippen LogP contribution is 2.27. The van der Waals surface area contributed by atoms with Crippen LogP contribution >= 0.6 is 34.8 Å². The molecule has 2 aromatic rings. The Hall–Kier alpha value is -1.28. The van der Waals surface area contributed by atoms with Gasteiger partial charge in [0.05, 0.1) is 0 Å². The molecular formula is C16H11Cl3O. The molecule has 0 aliphatic carbocycles. The average Bonchev–Trinajstić information content (AvgIpc) is 2.39. The third-order valence-electron chi connectivity index (χ3n) is 2.80. The van der Waals surface area contributed by atoms with Crippen molar-refractivity contribution in [1.29, 1.82) is 0 Å². The van der Waals surface area contributed by atoms with Gasteiger partial charge < -0.3 is 0 Å². The van der Waals surface area contributed by atoms with Crippen LogP contribution in [0.25, 0.3) is 11.6 Å². The first-order valence-corrected chi connectivity index (χ1v) is 7.04. The van der Waals surface area contributed by atoms with Crippen molar-refractivity contribution >= 4 is 52.2 Å². The van der Waals surface area contributed by atoms with E-state index in [-0.39, 0.29) is 5.78 Å². The molecular weight excluding hydrogens is 315 g/mol. The highest BCUT2D eigenvalue weighted by molar-refractivity contribution is 6.36. The summed E-state index contributed by atoms with van der Waals surface area (Å²) < 4.78 is 0. The molecule has 2 aromatic carbocycles. The van der Waals surface area contributed by atoms with Crippen molar-refractivity contribution in [2.75, 3.05) is 0 Å². The van der Waals surface area contributed by atoms with E-state index in [4.69, 9.17) is 34.8 Å². The van der Waals surface area contributed by atoms with Crippen LogP contribution in [0.15, 0.2) is 42.5 Å². The second kappa shape index (κ2) is 6.45. The van der Waals surface area contributed by atoms with E-state index in [0.29, 0.717) is 20.6 Å². The summed E-state index contributed by atoms with van der Waals surface area (Å²) in [6.07, 6.45) is 1.75. The highest BCUT2D eigenvalue weighted by atomic mass is 35.5. The van der Waals surface area contributed by atoms with Crippen LogP contribution in [0.5, 0.6) is 0 Å². The number of halogens is 3. The molecule has 2 rings (SSSR count). The first kappa shape index (κ1) is 15.1. The SMILES string of the molecule is CC(=O)/C(=C\c1ccc(Cl)cc1Cl)c1ccc(Cl)cc1. The lowest BCUT2D eigenvalue weighted by Gasteiger charge is -2.06. The van der Waals surface area contributed by atoms with Crippen molar-refractivity contribution < 1.29 is 4.79 Å². The summed E-state index contributed by atoms with van der Waals surface area (Å²) in [6.45, 7) is 1.52. The zero-order chi connectivity index (χ0) is 14.7. The molecule has 0 amide bonds. The lowest BCUT2D eigenvalue weighted by Crippen LogP contribution is -1.96. The van der Waals surface area contributed by atoms with Gasteiger partial charge in [-0.25, -0.2) is 0 Å². The standard InChI is InChI=1S/C16H11Cl3O/c1-10(20)15(11-2-5-13(17)6-3-11)8-12-4-7-14(18)9-16(12)19/h2-9H,1H3/b15-8+. The number of Topliss-reactive ketones (excluding diaryl/α,β-unsaturated/α-hetero) is 1. The number of hydrogen-bond acceptors (Lipinski definition) is 1. The van der Waals surface area contributed by atoms with Gasteiger partial charge in [0.2, 0.25) is 0 Å². The van der Waals surface area contributed by atoms with Crippen molar-refractivity contribution in [2.45, 2.75) is 6.92 Å². The minimum atomic E-state index is -0.0432. The van der Waals surface area contributed by atoms with Crippen molar-refractivity contribution in [1.82, 2.24) is 0 Å². The number of hydrogen-bond donors (Lipinski definition) is 0. The Morgan fingerprint density at radius 3 is 2.10 bits per heavy atom. The van der Waals surface area contributed by atoms with Gasteiger partial charge in [-0.05, 0) is 48.4 Å². The zero-order valence-corrected chi connectivity index (χ0v) is 12.9. The molecule has 0 unspecified atom stereocenters. The zero-order valence-electron chi connectivity index (χ0n) is 10.7.